The van der Waals surface area contributed by atoms with E-state index in [-0.39, 0.29) is 11.7 Å². The van der Waals surface area contributed by atoms with Crippen LogP contribution in [-0.4, -0.2) is 43.6 Å². The molecule has 0 bridgehead atoms. The standard InChI is InChI=1S/C19H21N5O2S2/c1-12-5-7-15(8-6-12)24-16(22-23-19(24)28-11-17(25)26-4)10-27-18-20-13(2)9-14(3)21-18/h5-9H,10-11H2,1-4H3. The van der Waals surface area contributed by atoms with Crippen LogP contribution in [0.3, 0.4) is 0 Å². The van der Waals surface area contributed by atoms with Gasteiger partial charge in [-0.15, -0.1) is 10.2 Å². The summed E-state index contributed by atoms with van der Waals surface area (Å²) in [6.45, 7) is 5.95. The third-order valence-corrected chi connectivity index (χ3v) is 5.58. The molecule has 0 saturated carbocycles. The summed E-state index contributed by atoms with van der Waals surface area (Å²) in [6.07, 6.45) is 0. The number of aromatic nitrogens is 5. The predicted molar refractivity (Wildman–Crippen MR) is 110 cm³/mol. The normalized spacial score (nSPS) is 10.9. The predicted octanol–water partition coefficient (Wildman–Crippen LogP) is 3.54. The zero-order chi connectivity index (χ0) is 20.1. The molecule has 0 radical (unpaired) electrons. The number of aryl methyl sites for hydroxylation is 3. The van der Waals surface area contributed by atoms with Gasteiger partial charge in [-0.3, -0.25) is 9.36 Å². The largest absolute Gasteiger partial charge is 0.468 e. The second-order valence-corrected chi connectivity index (χ2v) is 8.04. The number of esters is 1. The molecule has 3 aromatic rings. The maximum Gasteiger partial charge on any atom is 0.316 e. The van der Waals surface area contributed by atoms with Crippen molar-refractivity contribution in [1.82, 2.24) is 24.7 Å². The molecule has 0 fully saturated rings. The molecule has 0 N–H and O–H groups in total. The number of carbonyl (C=O) groups is 1. The second kappa shape index (κ2) is 9.20. The average Bonchev–Trinajstić information content (AvgIpc) is 3.07. The highest BCUT2D eigenvalue weighted by atomic mass is 32.2. The highest BCUT2D eigenvalue weighted by Crippen LogP contribution is 2.26. The lowest BCUT2D eigenvalue weighted by atomic mass is 10.2. The van der Waals surface area contributed by atoms with Gasteiger partial charge in [0.2, 0.25) is 0 Å². The Morgan fingerprint density at radius 2 is 1.71 bits per heavy atom. The van der Waals surface area contributed by atoms with Gasteiger partial charge in [0.05, 0.1) is 18.6 Å². The minimum absolute atomic E-state index is 0.174. The summed E-state index contributed by atoms with van der Waals surface area (Å²) in [5.41, 5.74) is 3.98. The van der Waals surface area contributed by atoms with E-state index in [0.717, 1.165) is 22.9 Å². The number of carbonyl (C=O) groups excluding carboxylic acids is 1. The summed E-state index contributed by atoms with van der Waals surface area (Å²) in [7, 11) is 1.37. The molecule has 3 rings (SSSR count). The number of methoxy groups -OCH3 is 1. The number of hydrogen-bond donors (Lipinski definition) is 0. The van der Waals surface area contributed by atoms with Crippen LogP contribution in [0.25, 0.3) is 5.69 Å². The van der Waals surface area contributed by atoms with Crippen molar-refractivity contribution in [3.05, 3.63) is 53.1 Å². The molecular formula is C19H21N5O2S2. The average molecular weight is 416 g/mol. The van der Waals surface area contributed by atoms with Crippen LogP contribution in [0.5, 0.6) is 0 Å². The quantitative estimate of drug-likeness (QED) is 0.329. The van der Waals surface area contributed by atoms with Crippen molar-refractivity contribution in [3.63, 3.8) is 0 Å². The molecule has 0 amide bonds. The van der Waals surface area contributed by atoms with Gasteiger partial charge in [-0.1, -0.05) is 41.2 Å². The van der Waals surface area contributed by atoms with Gasteiger partial charge in [0.25, 0.3) is 0 Å². The SMILES string of the molecule is COC(=O)CSc1nnc(CSc2nc(C)cc(C)n2)n1-c1ccc(C)cc1. The Balaban J connectivity index is 1.88. The molecule has 0 atom stereocenters. The zero-order valence-corrected chi connectivity index (χ0v) is 17.8. The lowest BCUT2D eigenvalue weighted by Gasteiger charge is -2.10. The molecule has 0 aliphatic heterocycles. The Kier molecular flexibility index (Phi) is 6.69. The number of benzene rings is 1. The Hall–Kier alpha value is -2.39. The van der Waals surface area contributed by atoms with E-state index < -0.39 is 0 Å². The van der Waals surface area contributed by atoms with E-state index in [0.29, 0.717) is 16.1 Å². The van der Waals surface area contributed by atoms with Crippen molar-refractivity contribution >= 4 is 29.5 Å². The summed E-state index contributed by atoms with van der Waals surface area (Å²) in [6, 6.07) is 10.0. The van der Waals surface area contributed by atoms with E-state index in [1.54, 1.807) is 0 Å². The maximum atomic E-state index is 11.5. The first-order valence-electron chi connectivity index (χ1n) is 8.62. The first-order chi connectivity index (χ1) is 13.5. The van der Waals surface area contributed by atoms with Gasteiger partial charge in [-0.05, 0) is 39.0 Å². The van der Waals surface area contributed by atoms with Crippen LogP contribution in [0.1, 0.15) is 22.8 Å². The van der Waals surface area contributed by atoms with Crippen LogP contribution in [-0.2, 0) is 15.3 Å². The van der Waals surface area contributed by atoms with Crippen molar-refractivity contribution in [3.8, 4) is 5.69 Å². The molecule has 0 saturated heterocycles. The summed E-state index contributed by atoms with van der Waals surface area (Å²) >= 11 is 2.81. The second-order valence-electron chi connectivity index (χ2n) is 6.16. The lowest BCUT2D eigenvalue weighted by Crippen LogP contribution is -2.06. The van der Waals surface area contributed by atoms with Crippen LogP contribution in [0, 0.1) is 20.8 Å². The fraction of sp³-hybridized carbons (Fsp3) is 0.316. The number of hydrogen-bond acceptors (Lipinski definition) is 8. The monoisotopic (exact) mass is 415 g/mol. The van der Waals surface area contributed by atoms with Gasteiger partial charge in [0, 0.05) is 17.1 Å². The first-order valence-corrected chi connectivity index (χ1v) is 10.6. The molecule has 0 aliphatic carbocycles. The zero-order valence-electron chi connectivity index (χ0n) is 16.2. The van der Waals surface area contributed by atoms with Crippen LogP contribution >= 0.6 is 23.5 Å². The minimum Gasteiger partial charge on any atom is -0.468 e. The summed E-state index contributed by atoms with van der Waals surface area (Å²) in [5.74, 6) is 1.20. The van der Waals surface area contributed by atoms with Crippen molar-refractivity contribution in [2.24, 2.45) is 0 Å². The van der Waals surface area contributed by atoms with Gasteiger partial charge in [0.1, 0.15) is 5.82 Å². The number of ether oxygens (including phenoxy) is 1. The molecule has 2 heterocycles. The van der Waals surface area contributed by atoms with Gasteiger partial charge >= 0.3 is 5.97 Å². The molecule has 9 heteroatoms. The topological polar surface area (TPSA) is 82.8 Å². The third-order valence-electron chi connectivity index (χ3n) is 3.83. The first kappa shape index (κ1) is 20.3. The van der Waals surface area contributed by atoms with Crippen molar-refractivity contribution in [2.75, 3.05) is 12.9 Å². The van der Waals surface area contributed by atoms with Gasteiger partial charge in [-0.2, -0.15) is 0 Å². The van der Waals surface area contributed by atoms with Crippen LogP contribution in [0.15, 0.2) is 40.6 Å². The highest BCUT2D eigenvalue weighted by Gasteiger charge is 2.17. The molecule has 0 aliphatic rings. The van der Waals surface area contributed by atoms with Crippen molar-refractivity contribution in [1.29, 1.82) is 0 Å². The molecule has 28 heavy (non-hydrogen) atoms. The van der Waals surface area contributed by atoms with Gasteiger partial charge in [0.15, 0.2) is 10.3 Å². The van der Waals surface area contributed by atoms with E-state index in [9.17, 15) is 4.79 Å². The molecule has 2 aromatic heterocycles. The molecular weight excluding hydrogens is 394 g/mol. The number of nitrogens with zero attached hydrogens (tertiary/aromatic N) is 5. The summed E-state index contributed by atoms with van der Waals surface area (Å²) < 4.78 is 6.69. The van der Waals surface area contributed by atoms with E-state index in [4.69, 9.17) is 4.74 Å². The van der Waals surface area contributed by atoms with Gasteiger partial charge < -0.3 is 4.74 Å². The highest BCUT2D eigenvalue weighted by molar-refractivity contribution is 7.99. The van der Waals surface area contributed by atoms with Gasteiger partial charge in [-0.25, -0.2) is 9.97 Å². The number of rotatable bonds is 7. The van der Waals surface area contributed by atoms with E-state index in [2.05, 4.69) is 20.2 Å². The third kappa shape index (κ3) is 5.11. The van der Waals surface area contributed by atoms with Crippen molar-refractivity contribution in [2.45, 2.75) is 36.8 Å². The fourth-order valence-electron chi connectivity index (χ4n) is 2.51. The molecule has 0 spiro atoms. The van der Waals surface area contributed by atoms with E-state index >= 15 is 0 Å². The molecule has 7 nitrogen and oxygen atoms in total. The molecule has 146 valence electrons. The molecule has 0 unspecified atom stereocenters. The Morgan fingerprint density at radius 3 is 2.36 bits per heavy atom. The Morgan fingerprint density at radius 1 is 1.04 bits per heavy atom. The van der Waals surface area contributed by atoms with E-state index in [1.165, 1.54) is 36.2 Å². The van der Waals surface area contributed by atoms with Crippen molar-refractivity contribution < 1.29 is 9.53 Å². The summed E-state index contributed by atoms with van der Waals surface area (Å²) in [4.78, 5) is 20.5. The van der Waals surface area contributed by atoms with Crippen LogP contribution in [0.4, 0.5) is 0 Å². The fourth-order valence-corrected chi connectivity index (χ4v) is 4.18. The number of thioether (sulfide) groups is 2. The smallest absolute Gasteiger partial charge is 0.316 e. The maximum absolute atomic E-state index is 11.5. The summed E-state index contributed by atoms with van der Waals surface area (Å²) in [5, 5.41) is 9.98. The van der Waals surface area contributed by atoms with Crippen LogP contribution in [0.2, 0.25) is 0 Å². The van der Waals surface area contributed by atoms with E-state index in [1.807, 2.05) is 55.7 Å². The van der Waals surface area contributed by atoms with Crippen LogP contribution < -0.4 is 0 Å². The Labute approximate surface area is 172 Å². The lowest BCUT2D eigenvalue weighted by molar-refractivity contribution is -0.137. The Bertz CT molecular complexity index is 953. The molecule has 1 aromatic carbocycles. The minimum atomic E-state index is -0.303.